The van der Waals surface area contributed by atoms with E-state index in [0.717, 1.165) is 39.3 Å². The van der Waals surface area contributed by atoms with Gasteiger partial charge in [0, 0.05) is 19.6 Å². The second-order valence-electron chi connectivity index (χ2n) is 5.05. The molecule has 1 aromatic rings. The zero-order chi connectivity index (χ0) is 15.6. The summed E-state index contributed by atoms with van der Waals surface area (Å²) in [5.74, 6) is 0.267. The van der Waals surface area contributed by atoms with E-state index >= 15 is 0 Å². The summed E-state index contributed by atoms with van der Waals surface area (Å²) in [7, 11) is 0. The summed E-state index contributed by atoms with van der Waals surface area (Å²) < 4.78 is 10.7. The molecule has 118 valence electrons. The molecule has 0 bridgehead atoms. The minimum atomic E-state index is -0.172. The molecule has 1 N–H and O–H groups in total. The maximum atomic E-state index is 11.7. The van der Waals surface area contributed by atoms with E-state index < -0.39 is 0 Å². The first kappa shape index (κ1) is 16.3. The number of amides is 1. The summed E-state index contributed by atoms with van der Waals surface area (Å²) in [6, 6.07) is 8.92. The molecule has 0 radical (unpaired) electrons. The molecule has 1 heterocycles. The van der Waals surface area contributed by atoms with Crippen LogP contribution in [0.1, 0.15) is 12.0 Å². The SMILES string of the molecule is N#Cc1ccccc1OCC(=O)NCCCN1CCOCC1. The number of carbonyl (C=O) groups excluding carboxylic acids is 1. The van der Waals surface area contributed by atoms with Crippen molar-refractivity contribution in [3.05, 3.63) is 29.8 Å². The molecular weight excluding hydrogens is 282 g/mol. The fourth-order valence-corrected chi connectivity index (χ4v) is 2.23. The van der Waals surface area contributed by atoms with Gasteiger partial charge in [0.2, 0.25) is 0 Å². The van der Waals surface area contributed by atoms with Gasteiger partial charge in [0.1, 0.15) is 11.8 Å². The maximum Gasteiger partial charge on any atom is 0.257 e. The first-order valence-corrected chi connectivity index (χ1v) is 7.48. The fraction of sp³-hybridized carbons (Fsp3) is 0.500. The lowest BCUT2D eigenvalue weighted by Gasteiger charge is -2.26. The van der Waals surface area contributed by atoms with Crippen LogP contribution in [0.4, 0.5) is 0 Å². The molecule has 0 unspecified atom stereocenters. The van der Waals surface area contributed by atoms with Gasteiger partial charge in [0.15, 0.2) is 6.61 Å². The standard InChI is InChI=1S/C16H21N3O3/c17-12-14-4-1-2-5-15(14)22-13-16(20)18-6-3-7-19-8-10-21-11-9-19/h1-2,4-5H,3,6-11,13H2,(H,18,20). The Labute approximate surface area is 130 Å². The highest BCUT2D eigenvalue weighted by Crippen LogP contribution is 2.16. The zero-order valence-electron chi connectivity index (χ0n) is 12.6. The molecule has 6 nitrogen and oxygen atoms in total. The van der Waals surface area contributed by atoms with Crippen molar-refractivity contribution < 1.29 is 14.3 Å². The second-order valence-corrected chi connectivity index (χ2v) is 5.05. The summed E-state index contributed by atoms with van der Waals surface area (Å²) in [5, 5.41) is 11.8. The van der Waals surface area contributed by atoms with Crippen LogP contribution >= 0.6 is 0 Å². The number of benzene rings is 1. The summed E-state index contributed by atoms with van der Waals surface area (Å²) in [6.45, 7) is 5.01. The van der Waals surface area contributed by atoms with Crippen LogP contribution < -0.4 is 10.1 Å². The Morgan fingerprint density at radius 2 is 2.14 bits per heavy atom. The third-order valence-electron chi connectivity index (χ3n) is 3.44. The normalized spacial score (nSPS) is 15.0. The molecule has 0 spiro atoms. The minimum absolute atomic E-state index is 0.0732. The minimum Gasteiger partial charge on any atom is -0.482 e. The molecule has 0 atom stereocenters. The summed E-state index contributed by atoms with van der Waals surface area (Å²) in [4.78, 5) is 14.0. The van der Waals surface area contributed by atoms with Gasteiger partial charge in [-0.05, 0) is 25.1 Å². The Morgan fingerprint density at radius 1 is 1.36 bits per heavy atom. The highest BCUT2D eigenvalue weighted by Gasteiger charge is 2.10. The van der Waals surface area contributed by atoms with Crippen LogP contribution in [-0.2, 0) is 9.53 Å². The van der Waals surface area contributed by atoms with Crippen LogP contribution in [0, 0.1) is 11.3 Å². The van der Waals surface area contributed by atoms with Gasteiger partial charge in [0.25, 0.3) is 5.91 Å². The molecule has 22 heavy (non-hydrogen) atoms. The van der Waals surface area contributed by atoms with Gasteiger partial charge in [-0.25, -0.2) is 0 Å². The van der Waals surface area contributed by atoms with Crippen molar-refractivity contribution in [3.8, 4) is 11.8 Å². The van der Waals surface area contributed by atoms with Crippen molar-refractivity contribution in [2.24, 2.45) is 0 Å². The Hall–Kier alpha value is -2.10. The molecular formula is C16H21N3O3. The zero-order valence-corrected chi connectivity index (χ0v) is 12.6. The monoisotopic (exact) mass is 303 g/mol. The topological polar surface area (TPSA) is 74.6 Å². The summed E-state index contributed by atoms with van der Waals surface area (Å²) in [6.07, 6.45) is 0.903. The van der Waals surface area contributed by atoms with Crippen molar-refractivity contribution in [1.82, 2.24) is 10.2 Å². The number of hydrogen-bond donors (Lipinski definition) is 1. The number of nitrogens with zero attached hydrogens (tertiary/aromatic N) is 2. The van der Waals surface area contributed by atoms with Crippen molar-refractivity contribution >= 4 is 5.91 Å². The third kappa shape index (κ3) is 5.35. The van der Waals surface area contributed by atoms with Crippen molar-refractivity contribution in [1.29, 1.82) is 5.26 Å². The average molecular weight is 303 g/mol. The van der Waals surface area contributed by atoms with Crippen LogP contribution in [0.3, 0.4) is 0 Å². The van der Waals surface area contributed by atoms with Crippen LogP contribution in [0.15, 0.2) is 24.3 Å². The predicted molar refractivity (Wildman–Crippen MR) is 81.5 cm³/mol. The number of para-hydroxylation sites is 1. The van der Waals surface area contributed by atoms with Crippen molar-refractivity contribution in [2.45, 2.75) is 6.42 Å². The number of nitriles is 1. The summed E-state index contributed by atoms with van der Waals surface area (Å²) >= 11 is 0. The molecule has 1 saturated heterocycles. The third-order valence-corrected chi connectivity index (χ3v) is 3.44. The van der Waals surface area contributed by atoms with Crippen LogP contribution in [-0.4, -0.2) is 56.8 Å². The van der Waals surface area contributed by atoms with Gasteiger partial charge >= 0.3 is 0 Å². The number of carbonyl (C=O) groups is 1. The van der Waals surface area contributed by atoms with E-state index in [1.807, 2.05) is 6.07 Å². The number of hydrogen-bond acceptors (Lipinski definition) is 5. The lowest BCUT2D eigenvalue weighted by atomic mass is 10.2. The number of nitrogens with one attached hydrogen (secondary N) is 1. The molecule has 2 rings (SSSR count). The van der Waals surface area contributed by atoms with Crippen LogP contribution in [0.25, 0.3) is 0 Å². The predicted octanol–water partition coefficient (Wildman–Crippen LogP) is 0.776. The first-order valence-electron chi connectivity index (χ1n) is 7.48. The van der Waals surface area contributed by atoms with E-state index in [9.17, 15) is 4.79 Å². The molecule has 0 saturated carbocycles. The largest absolute Gasteiger partial charge is 0.482 e. The Bertz CT molecular complexity index is 522. The van der Waals surface area contributed by atoms with Gasteiger partial charge in [0.05, 0.1) is 18.8 Å². The Balaban J connectivity index is 1.60. The van der Waals surface area contributed by atoms with Crippen LogP contribution in [0.5, 0.6) is 5.75 Å². The van der Waals surface area contributed by atoms with Gasteiger partial charge in [-0.1, -0.05) is 12.1 Å². The molecule has 0 aliphatic carbocycles. The fourth-order valence-electron chi connectivity index (χ4n) is 2.23. The quantitative estimate of drug-likeness (QED) is 0.753. The lowest BCUT2D eigenvalue weighted by Crippen LogP contribution is -2.38. The summed E-state index contributed by atoms with van der Waals surface area (Å²) in [5.41, 5.74) is 0.433. The van der Waals surface area contributed by atoms with Crippen LogP contribution in [0.2, 0.25) is 0 Å². The van der Waals surface area contributed by atoms with E-state index in [0.29, 0.717) is 17.9 Å². The smallest absolute Gasteiger partial charge is 0.257 e. The highest BCUT2D eigenvalue weighted by atomic mass is 16.5. The first-order chi connectivity index (χ1) is 10.8. The molecule has 1 amide bonds. The van der Waals surface area contributed by atoms with E-state index in [2.05, 4.69) is 10.2 Å². The molecule has 1 aliphatic heterocycles. The maximum absolute atomic E-state index is 11.7. The van der Waals surface area contributed by atoms with E-state index in [1.165, 1.54) is 0 Å². The van der Waals surface area contributed by atoms with Gasteiger partial charge in [-0.15, -0.1) is 0 Å². The van der Waals surface area contributed by atoms with E-state index in [4.69, 9.17) is 14.7 Å². The molecule has 0 aromatic heterocycles. The molecule has 1 fully saturated rings. The second kappa shape index (κ2) is 9.03. The number of ether oxygens (including phenoxy) is 2. The van der Waals surface area contributed by atoms with E-state index in [1.54, 1.807) is 24.3 Å². The van der Waals surface area contributed by atoms with Crippen molar-refractivity contribution in [3.63, 3.8) is 0 Å². The molecule has 6 heteroatoms. The Morgan fingerprint density at radius 3 is 2.91 bits per heavy atom. The lowest BCUT2D eigenvalue weighted by molar-refractivity contribution is -0.123. The van der Waals surface area contributed by atoms with Gasteiger partial charge in [-0.3, -0.25) is 9.69 Å². The Kier molecular flexibility index (Phi) is 6.68. The highest BCUT2D eigenvalue weighted by molar-refractivity contribution is 5.77. The average Bonchev–Trinajstić information content (AvgIpc) is 2.58. The molecule has 1 aromatic carbocycles. The van der Waals surface area contributed by atoms with Gasteiger partial charge in [-0.2, -0.15) is 5.26 Å². The van der Waals surface area contributed by atoms with E-state index in [-0.39, 0.29) is 12.5 Å². The molecule has 1 aliphatic rings. The number of rotatable bonds is 7. The van der Waals surface area contributed by atoms with Crippen molar-refractivity contribution in [2.75, 3.05) is 46.0 Å². The van der Waals surface area contributed by atoms with Gasteiger partial charge < -0.3 is 14.8 Å². The number of morpholine rings is 1.